The van der Waals surface area contributed by atoms with Gasteiger partial charge in [0.15, 0.2) is 0 Å². The predicted molar refractivity (Wildman–Crippen MR) is 89.5 cm³/mol. The second kappa shape index (κ2) is 7.84. The minimum Gasteiger partial charge on any atom is -0.497 e. The van der Waals surface area contributed by atoms with Gasteiger partial charge in [0.25, 0.3) is 0 Å². The van der Waals surface area contributed by atoms with Gasteiger partial charge in [-0.3, -0.25) is 4.79 Å². The van der Waals surface area contributed by atoms with E-state index in [0.29, 0.717) is 6.54 Å². The summed E-state index contributed by atoms with van der Waals surface area (Å²) < 4.78 is 5.20. The maximum Gasteiger partial charge on any atom is 0.237 e. The number of likely N-dealkylation sites (tertiary alicyclic amines) is 1. The van der Waals surface area contributed by atoms with Crippen LogP contribution in [0.2, 0.25) is 0 Å². The Morgan fingerprint density at radius 2 is 2.00 bits per heavy atom. The summed E-state index contributed by atoms with van der Waals surface area (Å²) in [7, 11) is 1.67. The Balaban J connectivity index is 0.00000176. The maximum absolute atomic E-state index is 12.4. The molecule has 0 radical (unpaired) electrons. The van der Waals surface area contributed by atoms with E-state index in [0.717, 1.165) is 37.6 Å². The zero-order chi connectivity index (χ0) is 14.7. The highest BCUT2D eigenvalue weighted by Gasteiger charge is 2.30. The van der Waals surface area contributed by atoms with Crippen molar-refractivity contribution >= 4 is 18.3 Å². The molecule has 0 bridgehead atoms. The number of ether oxygens (including phenoxy) is 1. The summed E-state index contributed by atoms with van der Waals surface area (Å²) in [6.45, 7) is 2.34. The van der Waals surface area contributed by atoms with E-state index in [1.807, 2.05) is 17.0 Å². The molecule has 1 saturated carbocycles. The van der Waals surface area contributed by atoms with Crippen molar-refractivity contribution in [2.24, 2.45) is 5.92 Å². The highest BCUT2D eigenvalue weighted by Crippen LogP contribution is 2.32. The Hall–Kier alpha value is -1.26. The van der Waals surface area contributed by atoms with Crippen LogP contribution in [0.25, 0.3) is 0 Å². The predicted octanol–water partition coefficient (Wildman–Crippen LogP) is 2.78. The van der Waals surface area contributed by atoms with Gasteiger partial charge in [-0.25, -0.2) is 0 Å². The molecule has 4 nitrogen and oxygen atoms in total. The average Bonchev–Trinajstić information content (AvgIpc) is 3.21. The van der Waals surface area contributed by atoms with E-state index < -0.39 is 0 Å². The Kier molecular flexibility index (Phi) is 6.09. The number of methoxy groups -OCH3 is 1. The minimum atomic E-state index is 0. The Bertz CT molecular complexity index is 488. The van der Waals surface area contributed by atoms with Gasteiger partial charge in [0.1, 0.15) is 5.75 Å². The molecule has 1 atom stereocenters. The van der Waals surface area contributed by atoms with E-state index in [-0.39, 0.29) is 24.4 Å². The molecule has 1 unspecified atom stereocenters. The van der Waals surface area contributed by atoms with Crippen molar-refractivity contribution in [2.45, 2.75) is 31.7 Å². The SMILES string of the molecule is COc1ccc(C2CCCN2C(=O)CNCC2CC2)cc1.Cl. The lowest BCUT2D eigenvalue weighted by Gasteiger charge is -2.25. The summed E-state index contributed by atoms with van der Waals surface area (Å²) in [4.78, 5) is 14.4. The van der Waals surface area contributed by atoms with E-state index in [4.69, 9.17) is 4.74 Å². The highest BCUT2D eigenvalue weighted by molar-refractivity contribution is 5.85. The number of hydrogen-bond acceptors (Lipinski definition) is 3. The van der Waals surface area contributed by atoms with Crippen molar-refractivity contribution < 1.29 is 9.53 Å². The van der Waals surface area contributed by atoms with Crippen LogP contribution in [0.1, 0.15) is 37.3 Å². The molecule has 122 valence electrons. The number of nitrogens with one attached hydrogen (secondary N) is 1. The van der Waals surface area contributed by atoms with E-state index in [1.54, 1.807) is 7.11 Å². The first kappa shape index (κ1) is 17.1. The van der Waals surface area contributed by atoms with Crippen molar-refractivity contribution in [1.29, 1.82) is 0 Å². The van der Waals surface area contributed by atoms with Gasteiger partial charge in [0.05, 0.1) is 19.7 Å². The maximum atomic E-state index is 12.4. The van der Waals surface area contributed by atoms with Gasteiger partial charge in [-0.2, -0.15) is 0 Å². The van der Waals surface area contributed by atoms with E-state index in [1.165, 1.54) is 18.4 Å². The fourth-order valence-electron chi connectivity index (χ4n) is 3.04. The van der Waals surface area contributed by atoms with Gasteiger partial charge in [0, 0.05) is 6.54 Å². The largest absolute Gasteiger partial charge is 0.497 e. The monoisotopic (exact) mass is 324 g/mol. The fraction of sp³-hybridized carbons (Fsp3) is 0.588. The van der Waals surface area contributed by atoms with Gasteiger partial charge in [0.2, 0.25) is 5.91 Å². The van der Waals surface area contributed by atoms with Crippen LogP contribution in [0, 0.1) is 5.92 Å². The normalized spacial score (nSPS) is 20.6. The lowest BCUT2D eigenvalue weighted by molar-refractivity contribution is -0.131. The summed E-state index contributed by atoms with van der Waals surface area (Å²) in [6, 6.07) is 8.33. The smallest absolute Gasteiger partial charge is 0.237 e. The molecule has 1 aromatic rings. The average molecular weight is 325 g/mol. The summed E-state index contributed by atoms with van der Waals surface area (Å²) in [5, 5.41) is 3.30. The van der Waals surface area contributed by atoms with E-state index >= 15 is 0 Å². The number of nitrogens with zero attached hydrogens (tertiary/aromatic N) is 1. The van der Waals surface area contributed by atoms with Crippen molar-refractivity contribution in [1.82, 2.24) is 10.2 Å². The molecule has 2 fully saturated rings. The van der Waals surface area contributed by atoms with Crippen molar-refractivity contribution in [3.63, 3.8) is 0 Å². The van der Waals surface area contributed by atoms with Crippen LogP contribution in [0.4, 0.5) is 0 Å². The lowest BCUT2D eigenvalue weighted by atomic mass is 10.0. The molecular weight excluding hydrogens is 300 g/mol. The van der Waals surface area contributed by atoms with Gasteiger partial charge in [-0.1, -0.05) is 12.1 Å². The van der Waals surface area contributed by atoms with Gasteiger partial charge >= 0.3 is 0 Å². The number of carbonyl (C=O) groups excluding carboxylic acids is 1. The molecule has 3 rings (SSSR count). The van der Waals surface area contributed by atoms with Crippen LogP contribution < -0.4 is 10.1 Å². The molecular formula is C17H25ClN2O2. The molecule has 1 aliphatic heterocycles. The molecule has 0 spiro atoms. The molecule has 0 aromatic heterocycles. The molecule has 1 saturated heterocycles. The minimum absolute atomic E-state index is 0. The number of carbonyl (C=O) groups is 1. The second-order valence-electron chi connectivity index (χ2n) is 6.09. The van der Waals surface area contributed by atoms with Crippen LogP contribution in [-0.2, 0) is 4.79 Å². The highest BCUT2D eigenvalue weighted by atomic mass is 35.5. The molecule has 1 N–H and O–H groups in total. The van der Waals surface area contributed by atoms with Crippen molar-refractivity contribution in [3.8, 4) is 5.75 Å². The zero-order valence-corrected chi connectivity index (χ0v) is 13.9. The van der Waals surface area contributed by atoms with Gasteiger partial charge in [-0.15, -0.1) is 12.4 Å². The standard InChI is InChI=1S/C17H24N2O2.ClH/c1-21-15-8-6-14(7-9-15)16-3-2-10-19(16)17(20)12-18-11-13-4-5-13;/h6-9,13,16,18H,2-5,10-12H2,1H3;1H. The Morgan fingerprint density at radius 3 is 2.64 bits per heavy atom. The Labute approximate surface area is 138 Å². The summed E-state index contributed by atoms with van der Waals surface area (Å²) >= 11 is 0. The van der Waals surface area contributed by atoms with E-state index in [9.17, 15) is 4.79 Å². The molecule has 1 heterocycles. The van der Waals surface area contributed by atoms with Crippen LogP contribution in [-0.4, -0.2) is 37.6 Å². The Morgan fingerprint density at radius 1 is 1.27 bits per heavy atom. The third-order valence-corrected chi connectivity index (χ3v) is 4.48. The molecule has 22 heavy (non-hydrogen) atoms. The first-order chi connectivity index (χ1) is 10.3. The molecule has 2 aliphatic rings. The third kappa shape index (κ3) is 4.14. The molecule has 1 aromatic carbocycles. The van der Waals surface area contributed by atoms with Crippen molar-refractivity contribution in [3.05, 3.63) is 29.8 Å². The lowest BCUT2D eigenvalue weighted by Crippen LogP contribution is -2.38. The number of amides is 1. The van der Waals surface area contributed by atoms with Gasteiger partial charge < -0.3 is 15.0 Å². The molecule has 5 heteroatoms. The zero-order valence-electron chi connectivity index (χ0n) is 13.1. The number of hydrogen-bond donors (Lipinski definition) is 1. The first-order valence-electron chi connectivity index (χ1n) is 7.92. The molecule has 1 amide bonds. The van der Waals surface area contributed by atoms with Crippen LogP contribution in [0.5, 0.6) is 5.75 Å². The molecule has 1 aliphatic carbocycles. The topological polar surface area (TPSA) is 41.6 Å². The summed E-state index contributed by atoms with van der Waals surface area (Å²) in [5.41, 5.74) is 1.21. The van der Waals surface area contributed by atoms with Crippen molar-refractivity contribution in [2.75, 3.05) is 26.7 Å². The number of rotatable bonds is 6. The van der Waals surface area contributed by atoms with E-state index in [2.05, 4.69) is 17.4 Å². The van der Waals surface area contributed by atoms with Crippen LogP contribution in [0.3, 0.4) is 0 Å². The first-order valence-corrected chi connectivity index (χ1v) is 7.92. The second-order valence-corrected chi connectivity index (χ2v) is 6.09. The number of benzene rings is 1. The fourth-order valence-corrected chi connectivity index (χ4v) is 3.04. The van der Waals surface area contributed by atoms with Crippen LogP contribution in [0.15, 0.2) is 24.3 Å². The quantitative estimate of drug-likeness (QED) is 0.875. The summed E-state index contributed by atoms with van der Waals surface area (Å²) in [6.07, 6.45) is 4.78. The summed E-state index contributed by atoms with van der Waals surface area (Å²) in [5.74, 6) is 1.91. The number of halogens is 1. The van der Waals surface area contributed by atoms with Crippen LogP contribution >= 0.6 is 12.4 Å². The van der Waals surface area contributed by atoms with Gasteiger partial charge in [-0.05, 0) is 55.8 Å². The third-order valence-electron chi connectivity index (χ3n) is 4.48.